The Bertz CT molecular complexity index is 145. The maximum atomic E-state index is 12.3. The molecule has 0 bridgehead atoms. The maximum Gasteiger partial charge on any atom is 0.397 e. The third kappa shape index (κ3) is 3.08. The summed E-state index contributed by atoms with van der Waals surface area (Å²) in [4.78, 5) is 0. The highest BCUT2D eigenvalue weighted by Gasteiger charge is 2.43. The van der Waals surface area contributed by atoms with E-state index in [0.717, 1.165) is 0 Å². The molecule has 0 amide bonds. The Morgan fingerprint density at radius 3 is 2.25 bits per heavy atom. The zero-order valence-electron chi connectivity index (χ0n) is 5.90. The van der Waals surface area contributed by atoms with Crippen molar-refractivity contribution in [1.82, 2.24) is 5.32 Å². The zero-order chi connectivity index (χ0) is 8.48. The molecule has 1 N–H and O–H groups in total. The van der Waals surface area contributed by atoms with Gasteiger partial charge in [-0.15, -0.1) is 12.4 Å². The molecule has 1 atom stereocenters. The van der Waals surface area contributed by atoms with Gasteiger partial charge in [0.05, 0.1) is 6.10 Å². The molecule has 0 saturated carbocycles. The van der Waals surface area contributed by atoms with Crippen molar-refractivity contribution in [3.05, 3.63) is 0 Å². The van der Waals surface area contributed by atoms with Gasteiger partial charge in [-0.2, -0.15) is 8.78 Å². The van der Waals surface area contributed by atoms with Crippen molar-refractivity contribution >= 4 is 28.3 Å². The van der Waals surface area contributed by atoms with Gasteiger partial charge in [-0.3, -0.25) is 0 Å². The molecule has 1 aliphatic rings. The number of nitrogens with one attached hydrogen (secondary N) is 1. The average Bonchev–Trinajstić information content (AvgIpc) is 1.79. The number of halogens is 5. The summed E-state index contributed by atoms with van der Waals surface area (Å²) in [6, 6.07) is 0. The highest BCUT2D eigenvalue weighted by molar-refractivity contribution is 9.09. The first kappa shape index (κ1) is 12.5. The van der Waals surface area contributed by atoms with Gasteiger partial charge in [-0.05, 0) is 15.9 Å². The first-order valence-electron chi connectivity index (χ1n) is 3.07. The predicted molar refractivity (Wildman–Crippen MR) is 43.8 cm³/mol. The van der Waals surface area contributed by atoms with E-state index < -0.39 is 17.3 Å². The van der Waals surface area contributed by atoms with E-state index in [2.05, 4.69) is 26.0 Å². The third-order valence-electron chi connectivity index (χ3n) is 1.32. The molecule has 0 aromatic carbocycles. The minimum atomic E-state index is -3.72. The van der Waals surface area contributed by atoms with Gasteiger partial charge in [0.25, 0.3) is 0 Å². The maximum absolute atomic E-state index is 12.3. The van der Waals surface area contributed by atoms with Crippen molar-refractivity contribution < 1.29 is 17.9 Å². The molecule has 74 valence electrons. The van der Waals surface area contributed by atoms with Gasteiger partial charge in [0.15, 0.2) is 0 Å². The molecular formula is C5H8BrClF3NO. The summed E-state index contributed by atoms with van der Waals surface area (Å²) >= 11 is 2.12. The van der Waals surface area contributed by atoms with Gasteiger partial charge < -0.3 is 10.1 Å². The van der Waals surface area contributed by atoms with Gasteiger partial charge in [0, 0.05) is 13.1 Å². The largest absolute Gasteiger partial charge is 0.397 e. The fourth-order valence-corrected chi connectivity index (χ4v) is 0.727. The molecule has 0 spiro atoms. The summed E-state index contributed by atoms with van der Waals surface area (Å²) < 4.78 is 40.8. The van der Waals surface area contributed by atoms with E-state index in [1.54, 1.807) is 0 Å². The van der Waals surface area contributed by atoms with Crippen molar-refractivity contribution in [3.8, 4) is 0 Å². The first-order chi connectivity index (χ1) is 5.02. The molecule has 2 nitrogen and oxygen atoms in total. The molecule has 1 aliphatic heterocycles. The first-order valence-corrected chi connectivity index (χ1v) is 3.98. The van der Waals surface area contributed by atoms with E-state index in [9.17, 15) is 13.2 Å². The van der Waals surface area contributed by atoms with Crippen LogP contribution in [0.4, 0.5) is 13.2 Å². The van der Waals surface area contributed by atoms with E-state index in [4.69, 9.17) is 0 Å². The van der Waals surface area contributed by atoms with Crippen LogP contribution in [0.25, 0.3) is 0 Å². The van der Waals surface area contributed by atoms with Crippen LogP contribution in [0.2, 0.25) is 0 Å². The second-order valence-corrected chi connectivity index (χ2v) is 3.06. The topological polar surface area (TPSA) is 21.3 Å². The normalized spacial score (nSPS) is 21.0. The number of hydrogen-bond donors (Lipinski definition) is 1. The van der Waals surface area contributed by atoms with Crippen LogP contribution in [-0.4, -0.2) is 30.4 Å². The van der Waals surface area contributed by atoms with E-state index >= 15 is 0 Å². The average molecular weight is 270 g/mol. The van der Waals surface area contributed by atoms with Crippen molar-refractivity contribution in [2.75, 3.05) is 13.1 Å². The van der Waals surface area contributed by atoms with Crippen LogP contribution >= 0.6 is 28.3 Å². The Balaban J connectivity index is 0.00000121. The lowest BCUT2D eigenvalue weighted by Gasteiger charge is -2.30. The van der Waals surface area contributed by atoms with Crippen LogP contribution in [0.5, 0.6) is 0 Å². The highest BCUT2D eigenvalue weighted by Crippen LogP contribution is 2.29. The van der Waals surface area contributed by atoms with Crippen molar-refractivity contribution in [2.45, 2.75) is 17.3 Å². The van der Waals surface area contributed by atoms with Crippen LogP contribution in [0, 0.1) is 0 Å². The number of alkyl halides is 4. The monoisotopic (exact) mass is 269 g/mol. The number of rotatable bonds is 3. The van der Waals surface area contributed by atoms with E-state index in [-0.39, 0.29) is 12.4 Å². The van der Waals surface area contributed by atoms with Crippen molar-refractivity contribution in [3.63, 3.8) is 0 Å². The fourth-order valence-electron chi connectivity index (χ4n) is 0.619. The molecule has 7 heteroatoms. The van der Waals surface area contributed by atoms with Crippen LogP contribution in [0.3, 0.4) is 0 Å². The lowest BCUT2D eigenvalue weighted by atomic mass is 10.2. The molecule has 1 fully saturated rings. The summed E-state index contributed by atoms with van der Waals surface area (Å²) in [5.41, 5.74) is 0. The minimum Gasteiger partial charge on any atom is -0.311 e. The summed E-state index contributed by atoms with van der Waals surface area (Å²) in [5, 5.41) is 0.292. The molecule has 12 heavy (non-hydrogen) atoms. The Morgan fingerprint density at radius 2 is 2.00 bits per heavy atom. The Hall–Kier alpha value is 0.480. The van der Waals surface area contributed by atoms with Crippen LogP contribution in [0.1, 0.15) is 0 Å². The quantitative estimate of drug-likeness (QED) is 0.788. The van der Waals surface area contributed by atoms with E-state index in [1.807, 2.05) is 0 Å². The third-order valence-corrected chi connectivity index (χ3v) is 1.85. The number of ether oxygens (including phenoxy) is 1. The molecule has 0 aromatic rings. The molecule has 1 unspecified atom stereocenters. The second-order valence-electron chi connectivity index (χ2n) is 2.26. The molecule has 1 saturated heterocycles. The van der Waals surface area contributed by atoms with Crippen LogP contribution < -0.4 is 5.32 Å². The van der Waals surface area contributed by atoms with Gasteiger partial charge in [0.2, 0.25) is 5.08 Å². The summed E-state index contributed by atoms with van der Waals surface area (Å²) in [7, 11) is 0. The molecular weight excluding hydrogens is 262 g/mol. The highest BCUT2D eigenvalue weighted by atomic mass is 79.9. The second kappa shape index (κ2) is 4.64. The Morgan fingerprint density at radius 1 is 1.50 bits per heavy atom. The summed E-state index contributed by atoms with van der Waals surface area (Å²) in [6.07, 6.45) is -4.28. The Labute approximate surface area is 82.4 Å². The lowest BCUT2D eigenvalue weighted by Crippen LogP contribution is -2.52. The van der Waals surface area contributed by atoms with Gasteiger partial charge in [-0.1, -0.05) is 0 Å². The van der Waals surface area contributed by atoms with Crippen molar-refractivity contribution in [2.24, 2.45) is 0 Å². The molecule has 1 rings (SSSR count). The fraction of sp³-hybridized carbons (Fsp3) is 1.00. The van der Waals surface area contributed by atoms with Crippen molar-refractivity contribution in [1.29, 1.82) is 0 Å². The molecule has 0 aromatic heterocycles. The van der Waals surface area contributed by atoms with Gasteiger partial charge in [-0.25, -0.2) is 4.39 Å². The minimum absolute atomic E-state index is 0. The lowest BCUT2D eigenvalue weighted by molar-refractivity contribution is -0.281. The molecule has 1 heterocycles. The molecule has 0 aliphatic carbocycles. The summed E-state index contributed by atoms with van der Waals surface area (Å²) in [6.45, 7) is 0.713. The van der Waals surface area contributed by atoms with Gasteiger partial charge >= 0.3 is 6.11 Å². The Kier molecular flexibility index (Phi) is 4.83. The smallest absolute Gasteiger partial charge is 0.311 e. The SMILES string of the molecule is Cl.FC(Br)C(F)(F)OC1CNC1. The molecule has 0 radical (unpaired) electrons. The van der Waals surface area contributed by atoms with Crippen LogP contribution in [0.15, 0.2) is 0 Å². The standard InChI is InChI=1S/C5H7BrF3NO.ClH/c6-4(7)5(8,9)11-3-1-10-2-3;/h3-4,10H,1-2H2;1H. The van der Waals surface area contributed by atoms with Crippen LogP contribution in [-0.2, 0) is 4.74 Å². The summed E-state index contributed by atoms with van der Waals surface area (Å²) in [5.74, 6) is 0. The predicted octanol–water partition coefficient (Wildman–Crippen LogP) is 1.68. The van der Waals surface area contributed by atoms with E-state index in [1.165, 1.54) is 0 Å². The van der Waals surface area contributed by atoms with Gasteiger partial charge in [0.1, 0.15) is 0 Å². The number of hydrogen-bond acceptors (Lipinski definition) is 2. The zero-order valence-corrected chi connectivity index (χ0v) is 8.30. The van der Waals surface area contributed by atoms with E-state index in [0.29, 0.717) is 13.1 Å².